The molecule has 0 amide bonds. The Bertz CT molecular complexity index is 208. The SMILES string of the molecule is CC/C(C)=C/OC1CCC12CCC2. The van der Waals surface area contributed by atoms with Crippen molar-refractivity contribution in [1.29, 1.82) is 0 Å². The Morgan fingerprint density at radius 1 is 1.46 bits per heavy atom. The van der Waals surface area contributed by atoms with Gasteiger partial charge in [0.1, 0.15) is 6.10 Å². The highest BCUT2D eigenvalue weighted by atomic mass is 16.5. The first kappa shape index (κ1) is 9.11. The second kappa shape index (κ2) is 3.36. The van der Waals surface area contributed by atoms with Gasteiger partial charge in [0.25, 0.3) is 0 Å². The largest absolute Gasteiger partial charge is 0.498 e. The molecule has 1 atom stereocenters. The summed E-state index contributed by atoms with van der Waals surface area (Å²) in [6, 6.07) is 0. The Morgan fingerprint density at radius 3 is 2.62 bits per heavy atom. The van der Waals surface area contributed by atoms with E-state index in [1.807, 2.05) is 6.26 Å². The molecule has 0 aromatic heterocycles. The second-order valence-corrected chi connectivity index (χ2v) is 4.70. The van der Waals surface area contributed by atoms with Crippen molar-refractivity contribution < 1.29 is 4.74 Å². The van der Waals surface area contributed by atoms with Crippen LogP contribution in [0.3, 0.4) is 0 Å². The molecule has 1 spiro atoms. The summed E-state index contributed by atoms with van der Waals surface area (Å²) in [5.41, 5.74) is 1.99. The minimum atomic E-state index is 0.558. The van der Waals surface area contributed by atoms with Crippen molar-refractivity contribution in [2.45, 2.75) is 58.5 Å². The zero-order valence-corrected chi connectivity index (χ0v) is 8.81. The van der Waals surface area contributed by atoms with Gasteiger partial charge in [0.15, 0.2) is 0 Å². The third-order valence-corrected chi connectivity index (χ3v) is 3.93. The molecule has 0 aliphatic heterocycles. The molecule has 1 unspecified atom stereocenters. The Morgan fingerprint density at radius 2 is 2.23 bits per heavy atom. The fourth-order valence-corrected chi connectivity index (χ4v) is 2.37. The average Bonchev–Trinajstić information content (AvgIpc) is 1.99. The van der Waals surface area contributed by atoms with Crippen LogP contribution in [0.25, 0.3) is 0 Å². The van der Waals surface area contributed by atoms with Crippen LogP contribution in [0.15, 0.2) is 11.8 Å². The average molecular weight is 180 g/mol. The molecule has 2 rings (SSSR count). The fraction of sp³-hybridized carbons (Fsp3) is 0.833. The molecule has 0 aromatic rings. The molecule has 2 aliphatic rings. The van der Waals surface area contributed by atoms with Crippen molar-refractivity contribution in [3.05, 3.63) is 11.8 Å². The standard InChI is InChI=1S/C12H20O/c1-3-10(2)9-13-11-5-8-12(11)6-4-7-12/h9,11H,3-8H2,1-2H3/b10-9+. The number of hydrogen-bond acceptors (Lipinski definition) is 1. The summed E-state index contributed by atoms with van der Waals surface area (Å²) in [4.78, 5) is 0. The van der Waals surface area contributed by atoms with Crippen LogP contribution in [0.1, 0.15) is 52.4 Å². The monoisotopic (exact) mass is 180 g/mol. The topological polar surface area (TPSA) is 9.23 Å². The molecule has 0 N–H and O–H groups in total. The number of rotatable bonds is 3. The molecule has 0 radical (unpaired) electrons. The highest BCUT2D eigenvalue weighted by molar-refractivity contribution is 5.04. The molecular weight excluding hydrogens is 160 g/mol. The number of ether oxygens (including phenoxy) is 1. The van der Waals surface area contributed by atoms with Crippen molar-refractivity contribution in [3.8, 4) is 0 Å². The van der Waals surface area contributed by atoms with Gasteiger partial charge in [-0.2, -0.15) is 0 Å². The van der Waals surface area contributed by atoms with Gasteiger partial charge in [-0.25, -0.2) is 0 Å². The lowest BCUT2D eigenvalue weighted by molar-refractivity contribution is -0.121. The van der Waals surface area contributed by atoms with Crippen LogP contribution in [0.2, 0.25) is 0 Å². The van der Waals surface area contributed by atoms with Gasteiger partial charge in [0, 0.05) is 5.41 Å². The Kier molecular flexibility index (Phi) is 2.35. The van der Waals surface area contributed by atoms with E-state index in [0.717, 1.165) is 6.42 Å². The van der Waals surface area contributed by atoms with Crippen LogP contribution in [-0.2, 0) is 4.74 Å². The first-order valence-electron chi connectivity index (χ1n) is 5.58. The van der Waals surface area contributed by atoms with E-state index in [2.05, 4.69) is 13.8 Å². The van der Waals surface area contributed by atoms with Crippen LogP contribution < -0.4 is 0 Å². The summed E-state index contributed by atoms with van der Waals surface area (Å²) in [6.07, 6.45) is 10.6. The van der Waals surface area contributed by atoms with Crippen LogP contribution in [-0.4, -0.2) is 6.10 Å². The quantitative estimate of drug-likeness (QED) is 0.602. The molecule has 1 heteroatoms. The summed E-state index contributed by atoms with van der Waals surface area (Å²) in [5.74, 6) is 0. The van der Waals surface area contributed by atoms with E-state index in [0.29, 0.717) is 11.5 Å². The molecule has 2 aliphatic carbocycles. The molecule has 0 heterocycles. The second-order valence-electron chi connectivity index (χ2n) is 4.70. The highest BCUT2D eigenvalue weighted by Gasteiger charge is 2.51. The van der Waals surface area contributed by atoms with Gasteiger partial charge in [0.05, 0.1) is 6.26 Å². The zero-order chi connectivity index (χ0) is 9.31. The van der Waals surface area contributed by atoms with E-state index in [4.69, 9.17) is 4.74 Å². The highest BCUT2D eigenvalue weighted by Crippen LogP contribution is 2.57. The predicted octanol–water partition coefficient (Wildman–Crippen LogP) is 3.65. The van der Waals surface area contributed by atoms with Crippen LogP contribution >= 0.6 is 0 Å². The smallest absolute Gasteiger partial charge is 0.103 e. The van der Waals surface area contributed by atoms with Crippen LogP contribution in [0.5, 0.6) is 0 Å². The van der Waals surface area contributed by atoms with Gasteiger partial charge in [-0.1, -0.05) is 13.3 Å². The third-order valence-electron chi connectivity index (χ3n) is 3.93. The maximum Gasteiger partial charge on any atom is 0.103 e. The number of hydrogen-bond donors (Lipinski definition) is 0. The molecule has 2 saturated carbocycles. The van der Waals surface area contributed by atoms with E-state index in [1.165, 1.54) is 37.7 Å². The summed E-state index contributed by atoms with van der Waals surface area (Å²) in [7, 11) is 0. The summed E-state index contributed by atoms with van der Waals surface area (Å²) in [6.45, 7) is 4.32. The lowest BCUT2D eigenvalue weighted by Gasteiger charge is -2.54. The maximum atomic E-state index is 5.83. The lowest BCUT2D eigenvalue weighted by atomic mass is 9.54. The van der Waals surface area contributed by atoms with Crippen molar-refractivity contribution in [1.82, 2.24) is 0 Å². The minimum Gasteiger partial charge on any atom is -0.498 e. The normalized spacial score (nSPS) is 30.9. The number of allylic oxidation sites excluding steroid dienone is 1. The first-order chi connectivity index (χ1) is 6.27. The van der Waals surface area contributed by atoms with Gasteiger partial charge in [0.2, 0.25) is 0 Å². The van der Waals surface area contributed by atoms with Crippen molar-refractivity contribution in [2.75, 3.05) is 0 Å². The summed E-state index contributed by atoms with van der Waals surface area (Å²) < 4.78 is 5.83. The van der Waals surface area contributed by atoms with Crippen molar-refractivity contribution in [3.63, 3.8) is 0 Å². The van der Waals surface area contributed by atoms with Crippen LogP contribution in [0.4, 0.5) is 0 Å². The zero-order valence-electron chi connectivity index (χ0n) is 8.81. The molecular formula is C12H20O. The van der Waals surface area contributed by atoms with Gasteiger partial charge in [-0.15, -0.1) is 0 Å². The van der Waals surface area contributed by atoms with E-state index < -0.39 is 0 Å². The maximum absolute atomic E-state index is 5.83. The molecule has 13 heavy (non-hydrogen) atoms. The molecule has 0 saturated heterocycles. The lowest BCUT2D eigenvalue weighted by Crippen LogP contribution is -2.50. The molecule has 74 valence electrons. The Hall–Kier alpha value is -0.460. The van der Waals surface area contributed by atoms with E-state index in [1.54, 1.807) is 0 Å². The predicted molar refractivity (Wildman–Crippen MR) is 54.4 cm³/mol. The van der Waals surface area contributed by atoms with E-state index in [-0.39, 0.29) is 0 Å². The van der Waals surface area contributed by atoms with Crippen LogP contribution in [0, 0.1) is 5.41 Å². The van der Waals surface area contributed by atoms with Crippen molar-refractivity contribution >= 4 is 0 Å². The molecule has 0 bridgehead atoms. The summed E-state index contributed by atoms with van der Waals surface area (Å²) in [5, 5.41) is 0. The fourth-order valence-electron chi connectivity index (χ4n) is 2.37. The first-order valence-corrected chi connectivity index (χ1v) is 5.58. The van der Waals surface area contributed by atoms with Gasteiger partial charge >= 0.3 is 0 Å². The Labute approximate surface area is 81.2 Å². The van der Waals surface area contributed by atoms with E-state index in [9.17, 15) is 0 Å². The summed E-state index contributed by atoms with van der Waals surface area (Å²) >= 11 is 0. The molecule has 0 aromatic carbocycles. The van der Waals surface area contributed by atoms with Crippen molar-refractivity contribution in [2.24, 2.45) is 5.41 Å². The Balaban J connectivity index is 1.82. The molecule has 2 fully saturated rings. The van der Waals surface area contributed by atoms with Gasteiger partial charge in [-0.05, 0) is 44.6 Å². The van der Waals surface area contributed by atoms with Gasteiger partial charge < -0.3 is 4.74 Å². The molecule has 1 nitrogen and oxygen atoms in total. The minimum absolute atomic E-state index is 0.558. The van der Waals surface area contributed by atoms with E-state index >= 15 is 0 Å². The van der Waals surface area contributed by atoms with Gasteiger partial charge in [-0.3, -0.25) is 0 Å². The third kappa shape index (κ3) is 1.49.